The predicted octanol–water partition coefficient (Wildman–Crippen LogP) is 1.10. The van der Waals surface area contributed by atoms with Crippen LogP contribution in [0.3, 0.4) is 0 Å². The molecule has 14 heavy (non-hydrogen) atoms. The average molecular weight is 191 g/mol. The molecule has 2 rings (SSSR count). The number of hydrogen-bond donors (Lipinski definition) is 2. The van der Waals surface area contributed by atoms with Crippen molar-refractivity contribution in [3.8, 4) is 0 Å². The number of aliphatic hydroxyl groups is 1. The molecule has 1 heterocycles. The van der Waals surface area contributed by atoms with Crippen LogP contribution in [0.4, 0.5) is 5.95 Å². The third-order valence-electron chi connectivity index (χ3n) is 2.22. The van der Waals surface area contributed by atoms with Crippen molar-refractivity contribution in [3.63, 3.8) is 0 Å². The van der Waals surface area contributed by atoms with Gasteiger partial charge in [-0.05, 0) is 18.9 Å². The number of anilines is 1. The van der Waals surface area contributed by atoms with E-state index < -0.39 is 0 Å². The minimum absolute atomic E-state index is 0.0416. The predicted molar refractivity (Wildman–Crippen MR) is 53.7 cm³/mol. The van der Waals surface area contributed by atoms with E-state index in [4.69, 9.17) is 5.11 Å². The average Bonchev–Trinajstić information content (AvgIpc) is 2.71. The minimum atomic E-state index is -0.0416. The number of nitrogens with zero attached hydrogens (tertiary/aromatic N) is 2. The van der Waals surface area contributed by atoms with E-state index in [2.05, 4.69) is 27.4 Å². The van der Waals surface area contributed by atoms with Crippen LogP contribution in [0.25, 0.3) is 0 Å². The zero-order valence-corrected chi connectivity index (χ0v) is 7.85. The lowest BCUT2D eigenvalue weighted by atomic mass is 10.2. The molecule has 74 valence electrons. The first kappa shape index (κ1) is 9.15. The van der Waals surface area contributed by atoms with Crippen LogP contribution in [0, 0.1) is 0 Å². The Balaban J connectivity index is 2.01. The van der Waals surface area contributed by atoms with Crippen molar-refractivity contribution in [2.45, 2.75) is 25.5 Å². The fraction of sp³-hybridized carbons (Fsp3) is 0.400. The van der Waals surface area contributed by atoms with Gasteiger partial charge in [0.15, 0.2) is 0 Å². The molecule has 0 aromatic carbocycles. The summed E-state index contributed by atoms with van der Waals surface area (Å²) in [6, 6.07) is 2.11. The number of aliphatic hydroxyl groups excluding tert-OH is 1. The summed E-state index contributed by atoms with van der Waals surface area (Å²) in [4.78, 5) is 8.24. The largest absolute Gasteiger partial charge is 0.390 e. The molecule has 0 unspecified atom stereocenters. The molecule has 0 fully saturated rings. The van der Waals surface area contributed by atoms with Crippen molar-refractivity contribution < 1.29 is 5.11 Å². The summed E-state index contributed by atoms with van der Waals surface area (Å²) in [5.74, 6) is 0.602. The van der Waals surface area contributed by atoms with E-state index in [0.29, 0.717) is 17.7 Å². The Hall–Kier alpha value is -1.42. The van der Waals surface area contributed by atoms with Crippen LogP contribution >= 0.6 is 0 Å². The molecule has 0 spiro atoms. The molecule has 4 nitrogen and oxygen atoms in total. The highest BCUT2D eigenvalue weighted by molar-refractivity contribution is 5.28. The lowest BCUT2D eigenvalue weighted by Gasteiger charge is -2.11. The number of nitrogens with one attached hydrogen (secondary N) is 1. The van der Waals surface area contributed by atoms with Crippen molar-refractivity contribution >= 4 is 5.95 Å². The van der Waals surface area contributed by atoms with Crippen molar-refractivity contribution in [2.24, 2.45) is 0 Å². The first-order valence-corrected chi connectivity index (χ1v) is 4.73. The summed E-state index contributed by atoms with van der Waals surface area (Å²) < 4.78 is 0. The van der Waals surface area contributed by atoms with E-state index in [1.165, 1.54) is 0 Å². The first-order chi connectivity index (χ1) is 6.88. The highest BCUT2D eigenvalue weighted by atomic mass is 16.3. The highest BCUT2D eigenvalue weighted by Gasteiger charge is 2.10. The molecular formula is C10H13N3O. The van der Waals surface area contributed by atoms with Crippen LogP contribution in [0.15, 0.2) is 24.4 Å². The van der Waals surface area contributed by atoms with Crippen LogP contribution in [0.1, 0.15) is 18.5 Å². The summed E-state index contributed by atoms with van der Waals surface area (Å²) in [6.07, 6.45) is 7.99. The van der Waals surface area contributed by atoms with E-state index in [0.717, 1.165) is 12.8 Å². The normalized spacial score (nSPS) is 16.1. The molecule has 0 saturated carbocycles. The molecule has 1 aromatic heterocycles. The summed E-state index contributed by atoms with van der Waals surface area (Å²) in [7, 11) is 0. The second-order valence-corrected chi connectivity index (χ2v) is 3.31. The van der Waals surface area contributed by atoms with Crippen molar-refractivity contribution in [3.05, 3.63) is 30.1 Å². The van der Waals surface area contributed by atoms with E-state index >= 15 is 0 Å². The summed E-state index contributed by atoms with van der Waals surface area (Å²) in [5.41, 5.74) is 0.647. The van der Waals surface area contributed by atoms with Gasteiger partial charge in [-0.3, -0.25) is 0 Å². The number of aromatic nitrogens is 2. The third kappa shape index (κ3) is 2.09. The van der Waals surface area contributed by atoms with Gasteiger partial charge in [-0.25, -0.2) is 9.97 Å². The molecule has 0 saturated heterocycles. The molecule has 0 aliphatic heterocycles. The summed E-state index contributed by atoms with van der Waals surface area (Å²) in [6.45, 7) is -0.0416. The van der Waals surface area contributed by atoms with Gasteiger partial charge in [-0.15, -0.1) is 0 Å². The van der Waals surface area contributed by atoms with Crippen LogP contribution in [-0.4, -0.2) is 21.1 Å². The van der Waals surface area contributed by atoms with Gasteiger partial charge >= 0.3 is 0 Å². The smallest absolute Gasteiger partial charge is 0.223 e. The van der Waals surface area contributed by atoms with Gasteiger partial charge in [0.2, 0.25) is 5.95 Å². The van der Waals surface area contributed by atoms with Crippen molar-refractivity contribution in [1.29, 1.82) is 0 Å². The maximum atomic E-state index is 8.89. The topological polar surface area (TPSA) is 58.0 Å². The second-order valence-electron chi connectivity index (χ2n) is 3.31. The third-order valence-corrected chi connectivity index (χ3v) is 2.22. The van der Waals surface area contributed by atoms with Gasteiger partial charge in [0, 0.05) is 12.2 Å². The van der Waals surface area contributed by atoms with E-state index in [-0.39, 0.29) is 6.61 Å². The van der Waals surface area contributed by atoms with Gasteiger partial charge in [0.1, 0.15) is 0 Å². The van der Waals surface area contributed by atoms with Crippen LogP contribution in [0.5, 0.6) is 0 Å². The zero-order valence-electron chi connectivity index (χ0n) is 7.85. The maximum absolute atomic E-state index is 8.89. The molecule has 0 atom stereocenters. The molecule has 1 aliphatic rings. The Morgan fingerprint density at radius 2 is 2.21 bits per heavy atom. The first-order valence-electron chi connectivity index (χ1n) is 4.73. The maximum Gasteiger partial charge on any atom is 0.223 e. The molecule has 1 aromatic rings. The van der Waals surface area contributed by atoms with Crippen molar-refractivity contribution in [1.82, 2.24) is 9.97 Å². The molecule has 0 radical (unpaired) electrons. The Morgan fingerprint density at radius 1 is 1.43 bits per heavy atom. The van der Waals surface area contributed by atoms with Crippen molar-refractivity contribution in [2.75, 3.05) is 5.32 Å². The van der Waals surface area contributed by atoms with Crippen LogP contribution in [-0.2, 0) is 6.61 Å². The number of rotatable bonds is 3. The minimum Gasteiger partial charge on any atom is -0.390 e. The molecule has 4 heteroatoms. The Morgan fingerprint density at radius 3 is 2.93 bits per heavy atom. The van der Waals surface area contributed by atoms with Crippen LogP contribution < -0.4 is 5.32 Å². The molecule has 1 aliphatic carbocycles. The standard InChI is InChI=1S/C10H13N3O/c14-7-9-5-6-11-10(13-9)12-8-3-1-2-4-8/h1-2,5-6,8,14H,3-4,7H2,(H,11,12,13). The fourth-order valence-electron chi connectivity index (χ4n) is 1.47. The van der Waals surface area contributed by atoms with Gasteiger partial charge < -0.3 is 10.4 Å². The van der Waals surface area contributed by atoms with Crippen LogP contribution in [0.2, 0.25) is 0 Å². The quantitative estimate of drug-likeness (QED) is 0.702. The van der Waals surface area contributed by atoms with E-state index in [9.17, 15) is 0 Å². The number of hydrogen-bond acceptors (Lipinski definition) is 4. The molecule has 0 bridgehead atoms. The highest BCUT2D eigenvalue weighted by Crippen LogP contribution is 2.13. The lowest BCUT2D eigenvalue weighted by molar-refractivity contribution is 0.277. The van der Waals surface area contributed by atoms with E-state index in [1.807, 2.05) is 0 Å². The van der Waals surface area contributed by atoms with E-state index in [1.54, 1.807) is 12.3 Å². The Bertz CT molecular complexity index is 330. The molecular weight excluding hydrogens is 178 g/mol. The SMILES string of the molecule is OCc1ccnc(NC2CC=CC2)n1. The van der Waals surface area contributed by atoms with Gasteiger partial charge in [0.05, 0.1) is 12.3 Å². The molecule has 0 amide bonds. The Labute approximate surface area is 82.7 Å². The zero-order chi connectivity index (χ0) is 9.80. The summed E-state index contributed by atoms with van der Waals surface area (Å²) >= 11 is 0. The van der Waals surface area contributed by atoms with Gasteiger partial charge in [-0.1, -0.05) is 12.2 Å². The molecule has 2 N–H and O–H groups in total. The van der Waals surface area contributed by atoms with Gasteiger partial charge in [-0.2, -0.15) is 0 Å². The lowest BCUT2D eigenvalue weighted by Crippen LogP contribution is -2.17. The summed E-state index contributed by atoms with van der Waals surface area (Å²) in [5, 5.41) is 12.1. The van der Waals surface area contributed by atoms with Gasteiger partial charge in [0.25, 0.3) is 0 Å². The second kappa shape index (κ2) is 4.19. The monoisotopic (exact) mass is 191 g/mol. The Kier molecular flexibility index (Phi) is 2.74. The fourth-order valence-corrected chi connectivity index (χ4v) is 1.47.